The molecule has 0 aromatic heterocycles. The molecule has 11 heavy (non-hydrogen) atoms. The number of fused-ring (bicyclic) bond motifs is 1. The molecule has 1 aromatic carbocycles. The number of rotatable bonds is 1. The van der Waals surface area contributed by atoms with E-state index in [1.165, 1.54) is 11.1 Å². The molecule has 0 spiro atoms. The van der Waals surface area contributed by atoms with Crippen molar-refractivity contribution in [2.24, 2.45) is 5.11 Å². The maximum absolute atomic E-state index is 8.19. The minimum atomic E-state index is 0.0937. The van der Waals surface area contributed by atoms with Crippen molar-refractivity contribution >= 4 is 0 Å². The van der Waals surface area contributed by atoms with E-state index in [1.807, 2.05) is 18.2 Å². The molecule has 1 aliphatic carbocycles. The molecule has 0 bridgehead atoms. The normalized spacial score (nSPS) is 19.5. The number of nitrogens with zero attached hydrogens (tertiary/aromatic N) is 3. The lowest BCUT2D eigenvalue weighted by atomic mass is 9.84. The molecule has 0 amide bonds. The predicted octanol–water partition coefficient (Wildman–Crippen LogP) is 2.59. The maximum Gasteiger partial charge on any atom is 0.0668 e. The van der Waals surface area contributed by atoms with Crippen LogP contribution >= 0.6 is 0 Å². The fourth-order valence-electron chi connectivity index (χ4n) is 1.40. The Labute approximate surface area is 64.3 Å². The first-order valence-electron chi connectivity index (χ1n) is 3.54. The van der Waals surface area contributed by atoms with Gasteiger partial charge in [-0.2, -0.15) is 0 Å². The molecular weight excluding hydrogens is 138 g/mol. The van der Waals surface area contributed by atoms with Crippen LogP contribution in [-0.2, 0) is 6.42 Å². The molecule has 0 N–H and O–H groups in total. The molecule has 3 nitrogen and oxygen atoms in total. The van der Waals surface area contributed by atoms with Gasteiger partial charge in [0.25, 0.3) is 0 Å². The Hall–Kier alpha value is -1.47. The molecule has 0 aliphatic heterocycles. The molecular formula is C8H7N3. The van der Waals surface area contributed by atoms with Crippen molar-refractivity contribution in [2.75, 3.05) is 0 Å². The van der Waals surface area contributed by atoms with E-state index in [9.17, 15) is 0 Å². The summed E-state index contributed by atoms with van der Waals surface area (Å²) in [6, 6.07) is 8.15. The lowest BCUT2D eigenvalue weighted by Crippen LogP contribution is -2.13. The average molecular weight is 145 g/mol. The molecule has 1 unspecified atom stereocenters. The minimum absolute atomic E-state index is 0.0937. The molecule has 0 fully saturated rings. The summed E-state index contributed by atoms with van der Waals surface area (Å²) in [7, 11) is 0. The molecule has 54 valence electrons. The van der Waals surface area contributed by atoms with Crippen LogP contribution in [0.15, 0.2) is 29.4 Å². The molecule has 0 radical (unpaired) electrons. The summed E-state index contributed by atoms with van der Waals surface area (Å²) in [4.78, 5) is 2.78. The second-order valence-electron chi connectivity index (χ2n) is 2.62. The SMILES string of the molecule is [N-]=[N+]=NC1Cc2ccccc21. The van der Waals surface area contributed by atoms with Gasteiger partial charge in [-0.1, -0.05) is 29.4 Å². The Kier molecular flexibility index (Phi) is 1.30. The van der Waals surface area contributed by atoms with Crippen molar-refractivity contribution in [1.82, 2.24) is 0 Å². The van der Waals surface area contributed by atoms with Gasteiger partial charge >= 0.3 is 0 Å². The Morgan fingerprint density at radius 1 is 1.45 bits per heavy atom. The summed E-state index contributed by atoms with van der Waals surface area (Å²) in [5, 5.41) is 3.65. The van der Waals surface area contributed by atoms with Gasteiger partial charge in [0.15, 0.2) is 0 Å². The van der Waals surface area contributed by atoms with Gasteiger partial charge < -0.3 is 0 Å². The van der Waals surface area contributed by atoms with Crippen LogP contribution in [0.2, 0.25) is 0 Å². The van der Waals surface area contributed by atoms with Gasteiger partial charge in [-0.15, -0.1) is 0 Å². The van der Waals surface area contributed by atoms with Crippen molar-refractivity contribution in [3.05, 3.63) is 45.8 Å². The van der Waals surface area contributed by atoms with Gasteiger partial charge in [-0.05, 0) is 23.1 Å². The highest BCUT2D eigenvalue weighted by molar-refractivity contribution is 5.39. The third-order valence-electron chi connectivity index (χ3n) is 2.02. The molecule has 0 saturated carbocycles. The fraction of sp³-hybridized carbons (Fsp3) is 0.250. The number of hydrogen-bond acceptors (Lipinski definition) is 1. The summed E-state index contributed by atoms with van der Waals surface area (Å²) in [5.74, 6) is 0. The van der Waals surface area contributed by atoms with Crippen LogP contribution in [0.4, 0.5) is 0 Å². The van der Waals surface area contributed by atoms with Gasteiger partial charge in [0.1, 0.15) is 0 Å². The van der Waals surface area contributed by atoms with Crippen LogP contribution in [0.3, 0.4) is 0 Å². The quantitative estimate of drug-likeness (QED) is 0.331. The third kappa shape index (κ3) is 0.863. The van der Waals surface area contributed by atoms with Gasteiger partial charge in [-0.3, -0.25) is 0 Å². The van der Waals surface area contributed by atoms with Crippen LogP contribution < -0.4 is 0 Å². The predicted molar refractivity (Wildman–Crippen MR) is 42.0 cm³/mol. The van der Waals surface area contributed by atoms with Crippen molar-refractivity contribution in [1.29, 1.82) is 0 Å². The highest BCUT2D eigenvalue weighted by Crippen LogP contribution is 2.35. The third-order valence-corrected chi connectivity index (χ3v) is 2.02. The Morgan fingerprint density at radius 2 is 2.27 bits per heavy atom. The van der Waals surface area contributed by atoms with Gasteiger partial charge in [0.05, 0.1) is 6.04 Å². The van der Waals surface area contributed by atoms with E-state index >= 15 is 0 Å². The molecule has 1 aliphatic rings. The van der Waals surface area contributed by atoms with Crippen LogP contribution in [0.25, 0.3) is 10.4 Å². The van der Waals surface area contributed by atoms with Crippen LogP contribution in [-0.4, -0.2) is 0 Å². The molecule has 2 rings (SSSR count). The van der Waals surface area contributed by atoms with E-state index in [-0.39, 0.29) is 6.04 Å². The smallest absolute Gasteiger partial charge is 0.0668 e. The van der Waals surface area contributed by atoms with Gasteiger partial charge in [0.2, 0.25) is 0 Å². The van der Waals surface area contributed by atoms with Crippen molar-refractivity contribution in [3.63, 3.8) is 0 Å². The molecule has 1 aromatic rings. The van der Waals surface area contributed by atoms with Crippen molar-refractivity contribution in [2.45, 2.75) is 12.5 Å². The Morgan fingerprint density at radius 3 is 3.00 bits per heavy atom. The standard InChI is InChI=1S/C8H7N3/c9-11-10-8-5-6-3-1-2-4-7(6)8/h1-4,8H,5H2. The summed E-state index contributed by atoms with van der Waals surface area (Å²) >= 11 is 0. The summed E-state index contributed by atoms with van der Waals surface area (Å²) in [5.41, 5.74) is 10.7. The first-order chi connectivity index (χ1) is 5.42. The lowest BCUT2D eigenvalue weighted by Gasteiger charge is -2.25. The zero-order valence-corrected chi connectivity index (χ0v) is 5.94. The monoisotopic (exact) mass is 145 g/mol. The summed E-state index contributed by atoms with van der Waals surface area (Å²) in [6.07, 6.45) is 0.903. The number of hydrogen-bond donors (Lipinski definition) is 0. The topological polar surface area (TPSA) is 48.8 Å². The van der Waals surface area contributed by atoms with Gasteiger partial charge in [0, 0.05) is 4.91 Å². The highest BCUT2D eigenvalue weighted by Gasteiger charge is 2.23. The molecule has 3 heteroatoms. The zero-order valence-electron chi connectivity index (χ0n) is 5.94. The minimum Gasteiger partial charge on any atom is -0.0856 e. The summed E-state index contributed by atoms with van der Waals surface area (Å²) in [6.45, 7) is 0. The van der Waals surface area contributed by atoms with Crippen LogP contribution in [0.1, 0.15) is 17.2 Å². The van der Waals surface area contributed by atoms with E-state index in [1.54, 1.807) is 0 Å². The first-order valence-corrected chi connectivity index (χ1v) is 3.54. The molecule has 0 heterocycles. The maximum atomic E-state index is 8.19. The summed E-state index contributed by atoms with van der Waals surface area (Å²) < 4.78 is 0. The second-order valence-corrected chi connectivity index (χ2v) is 2.62. The van der Waals surface area contributed by atoms with E-state index in [2.05, 4.69) is 16.1 Å². The number of benzene rings is 1. The Balaban J connectivity index is 2.36. The first kappa shape index (κ1) is 6.25. The highest BCUT2D eigenvalue weighted by atomic mass is 15.2. The van der Waals surface area contributed by atoms with E-state index < -0.39 is 0 Å². The second kappa shape index (κ2) is 2.29. The number of azide groups is 1. The fourth-order valence-corrected chi connectivity index (χ4v) is 1.40. The van der Waals surface area contributed by atoms with E-state index in [0.717, 1.165) is 6.42 Å². The van der Waals surface area contributed by atoms with Crippen LogP contribution in [0.5, 0.6) is 0 Å². The molecule has 0 saturated heterocycles. The molecule has 1 atom stereocenters. The lowest BCUT2D eigenvalue weighted by molar-refractivity contribution is 0.632. The zero-order chi connectivity index (χ0) is 7.68. The van der Waals surface area contributed by atoms with Crippen LogP contribution in [0, 0.1) is 0 Å². The van der Waals surface area contributed by atoms with Crippen molar-refractivity contribution < 1.29 is 0 Å². The van der Waals surface area contributed by atoms with Gasteiger partial charge in [-0.25, -0.2) is 0 Å². The van der Waals surface area contributed by atoms with E-state index in [0.29, 0.717) is 0 Å². The largest absolute Gasteiger partial charge is 0.0856 e. The average Bonchev–Trinajstić information content (AvgIpc) is 2.01. The van der Waals surface area contributed by atoms with E-state index in [4.69, 9.17) is 5.53 Å². The van der Waals surface area contributed by atoms with Crippen molar-refractivity contribution in [3.8, 4) is 0 Å². The Bertz CT molecular complexity index is 326.